The number of sulfonamides is 1. The summed E-state index contributed by atoms with van der Waals surface area (Å²) in [6, 6.07) is 10.2. The quantitative estimate of drug-likeness (QED) is 0.663. The molecule has 0 saturated carbocycles. The number of anilines is 1. The van der Waals surface area contributed by atoms with Crippen LogP contribution in [0.1, 0.15) is 55.8 Å². The molecule has 2 aliphatic rings. The van der Waals surface area contributed by atoms with E-state index in [-0.39, 0.29) is 11.9 Å². The number of fused-ring (bicyclic) bond motifs is 2. The molecule has 1 aliphatic heterocycles. The second kappa shape index (κ2) is 9.63. The smallest absolute Gasteiger partial charge is 0.244 e. The van der Waals surface area contributed by atoms with Crippen LogP contribution in [0.4, 0.5) is 5.69 Å². The van der Waals surface area contributed by atoms with Gasteiger partial charge in [0.15, 0.2) is 11.5 Å². The number of nitrogens with zero attached hydrogens (tertiary/aromatic N) is 1. The first-order valence-corrected chi connectivity index (χ1v) is 13.4. The summed E-state index contributed by atoms with van der Waals surface area (Å²) in [7, 11) is -3.73. The van der Waals surface area contributed by atoms with Crippen molar-refractivity contribution in [3.05, 3.63) is 53.1 Å². The number of carbonyl (C=O) groups excluding carboxylic acids is 1. The van der Waals surface area contributed by atoms with Crippen molar-refractivity contribution in [2.24, 2.45) is 0 Å². The summed E-state index contributed by atoms with van der Waals surface area (Å²) in [5.74, 6) is 0.689. The molecule has 1 aliphatic carbocycles. The zero-order valence-electron chi connectivity index (χ0n) is 19.5. The molecule has 0 aromatic heterocycles. The van der Waals surface area contributed by atoms with Crippen molar-refractivity contribution >= 4 is 21.6 Å². The maximum Gasteiger partial charge on any atom is 0.244 e. The van der Waals surface area contributed by atoms with Crippen LogP contribution in [0.2, 0.25) is 0 Å². The third kappa shape index (κ3) is 5.11. The van der Waals surface area contributed by atoms with Crippen LogP contribution in [0.25, 0.3) is 0 Å². The van der Waals surface area contributed by atoms with Crippen LogP contribution in [0.3, 0.4) is 0 Å². The molecule has 2 aromatic rings. The highest BCUT2D eigenvalue weighted by atomic mass is 32.2. The summed E-state index contributed by atoms with van der Waals surface area (Å²) in [4.78, 5) is 13.3. The normalized spacial score (nSPS) is 16.9. The van der Waals surface area contributed by atoms with Gasteiger partial charge < -0.3 is 14.8 Å². The van der Waals surface area contributed by atoms with Gasteiger partial charge in [0.1, 0.15) is 19.3 Å². The molecule has 0 fully saturated rings. The van der Waals surface area contributed by atoms with Gasteiger partial charge in [0.2, 0.25) is 15.9 Å². The van der Waals surface area contributed by atoms with Gasteiger partial charge in [-0.05, 0) is 67.9 Å². The van der Waals surface area contributed by atoms with E-state index in [2.05, 4.69) is 23.5 Å². The molecule has 1 N–H and O–H groups in total. The minimum absolute atomic E-state index is 0.186. The first-order chi connectivity index (χ1) is 15.8. The molecule has 0 saturated heterocycles. The Morgan fingerprint density at radius 2 is 1.73 bits per heavy atom. The van der Waals surface area contributed by atoms with Crippen LogP contribution < -0.4 is 19.1 Å². The molecule has 8 heteroatoms. The molecule has 0 radical (unpaired) electrons. The van der Waals surface area contributed by atoms with Gasteiger partial charge in [-0.1, -0.05) is 25.1 Å². The van der Waals surface area contributed by atoms with E-state index in [0.29, 0.717) is 36.8 Å². The van der Waals surface area contributed by atoms with Crippen LogP contribution >= 0.6 is 0 Å². The van der Waals surface area contributed by atoms with Gasteiger partial charge in [-0.25, -0.2) is 8.42 Å². The largest absolute Gasteiger partial charge is 0.486 e. The Kier molecular flexibility index (Phi) is 6.83. The molecule has 0 unspecified atom stereocenters. The van der Waals surface area contributed by atoms with Gasteiger partial charge in [-0.15, -0.1) is 0 Å². The van der Waals surface area contributed by atoms with Gasteiger partial charge in [-0.2, -0.15) is 0 Å². The Balaban J connectivity index is 1.56. The Bertz CT molecular complexity index is 1130. The van der Waals surface area contributed by atoms with Crippen LogP contribution in [-0.4, -0.2) is 39.8 Å². The predicted octanol–water partition coefficient (Wildman–Crippen LogP) is 3.76. The molecule has 178 valence electrons. The fraction of sp³-hybridized carbons (Fsp3) is 0.480. The Hall–Kier alpha value is -2.74. The number of benzene rings is 2. The number of hydrogen-bond acceptors (Lipinski definition) is 5. The van der Waals surface area contributed by atoms with Crippen LogP contribution in [0.5, 0.6) is 11.5 Å². The third-order valence-corrected chi connectivity index (χ3v) is 7.61. The maximum atomic E-state index is 13.3. The summed E-state index contributed by atoms with van der Waals surface area (Å²) in [5.41, 5.74) is 4.17. The minimum atomic E-state index is -3.73. The molecule has 2 atom stereocenters. The van der Waals surface area contributed by atoms with E-state index in [0.717, 1.165) is 29.0 Å². The molecule has 1 amide bonds. The van der Waals surface area contributed by atoms with E-state index in [1.54, 1.807) is 25.1 Å². The lowest BCUT2D eigenvalue weighted by Gasteiger charge is -2.31. The standard InChI is InChI=1S/C25H32N2O5S/c1-4-22(20-10-9-18-7-5-6-8-19(18)15-20)26-25(28)17(2)27(33(3,29)30)21-11-12-23-24(16-21)32-14-13-31-23/h9-12,15-17,22H,4-8,13-14H2,1-3H3,(H,26,28)/t17-,22-/m1/s1. The first-order valence-electron chi connectivity index (χ1n) is 11.6. The zero-order valence-corrected chi connectivity index (χ0v) is 20.3. The van der Waals surface area contributed by atoms with Gasteiger partial charge in [0, 0.05) is 6.07 Å². The minimum Gasteiger partial charge on any atom is -0.486 e. The summed E-state index contributed by atoms with van der Waals surface area (Å²) in [6.45, 7) is 4.46. The van der Waals surface area contributed by atoms with Crippen molar-refractivity contribution in [3.63, 3.8) is 0 Å². The number of nitrogens with one attached hydrogen (secondary N) is 1. The van der Waals surface area contributed by atoms with Crippen LogP contribution in [-0.2, 0) is 27.7 Å². The highest BCUT2D eigenvalue weighted by Gasteiger charge is 2.31. The van der Waals surface area contributed by atoms with E-state index in [4.69, 9.17) is 9.47 Å². The number of amides is 1. The fourth-order valence-corrected chi connectivity index (χ4v) is 5.83. The molecule has 33 heavy (non-hydrogen) atoms. The Morgan fingerprint density at radius 3 is 2.42 bits per heavy atom. The highest BCUT2D eigenvalue weighted by molar-refractivity contribution is 7.92. The van der Waals surface area contributed by atoms with Crippen LogP contribution in [0.15, 0.2) is 36.4 Å². The maximum absolute atomic E-state index is 13.3. The molecule has 0 bridgehead atoms. The van der Waals surface area contributed by atoms with E-state index in [1.165, 1.54) is 24.0 Å². The summed E-state index contributed by atoms with van der Waals surface area (Å²) >= 11 is 0. The number of aryl methyl sites for hydroxylation is 2. The van der Waals surface area contributed by atoms with Crippen molar-refractivity contribution in [1.29, 1.82) is 0 Å². The lowest BCUT2D eigenvalue weighted by molar-refractivity contribution is -0.122. The van der Waals surface area contributed by atoms with Crippen molar-refractivity contribution in [2.75, 3.05) is 23.8 Å². The van der Waals surface area contributed by atoms with Crippen LogP contribution in [0, 0.1) is 0 Å². The molecule has 7 nitrogen and oxygen atoms in total. The topological polar surface area (TPSA) is 84.9 Å². The summed E-state index contributed by atoms with van der Waals surface area (Å²) in [6.07, 6.45) is 6.40. The molecule has 0 spiro atoms. The van der Waals surface area contributed by atoms with E-state index in [1.807, 2.05) is 6.92 Å². The molecular weight excluding hydrogens is 440 g/mol. The Morgan fingerprint density at radius 1 is 1.03 bits per heavy atom. The monoisotopic (exact) mass is 472 g/mol. The van der Waals surface area contributed by atoms with E-state index < -0.39 is 16.1 Å². The van der Waals surface area contributed by atoms with E-state index in [9.17, 15) is 13.2 Å². The van der Waals surface area contributed by atoms with Gasteiger partial charge >= 0.3 is 0 Å². The average molecular weight is 473 g/mol. The Labute approximate surface area is 196 Å². The first kappa shape index (κ1) is 23.4. The SMILES string of the molecule is CC[C@@H](NC(=O)[C@@H](C)N(c1ccc2c(c1)OCCO2)S(C)(=O)=O)c1ccc2c(c1)CCCC2. The highest BCUT2D eigenvalue weighted by Crippen LogP contribution is 2.35. The lowest BCUT2D eigenvalue weighted by Crippen LogP contribution is -2.48. The predicted molar refractivity (Wildman–Crippen MR) is 128 cm³/mol. The molecular formula is C25H32N2O5S. The van der Waals surface area contributed by atoms with Gasteiger partial charge in [0.25, 0.3) is 0 Å². The summed E-state index contributed by atoms with van der Waals surface area (Å²) in [5, 5.41) is 3.07. The van der Waals surface area contributed by atoms with Crippen molar-refractivity contribution in [3.8, 4) is 11.5 Å². The zero-order chi connectivity index (χ0) is 23.6. The van der Waals surface area contributed by atoms with Crippen molar-refractivity contribution in [2.45, 2.75) is 58.0 Å². The van der Waals surface area contributed by atoms with Crippen molar-refractivity contribution < 1.29 is 22.7 Å². The molecule has 2 aromatic carbocycles. The number of hydrogen-bond donors (Lipinski definition) is 1. The number of carbonyl (C=O) groups is 1. The van der Waals surface area contributed by atoms with E-state index >= 15 is 0 Å². The molecule has 4 rings (SSSR count). The second-order valence-corrected chi connectivity index (χ2v) is 10.6. The summed E-state index contributed by atoms with van der Waals surface area (Å²) < 4.78 is 37.7. The van der Waals surface area contributed by atoms with Gasteiger partial charge in [0.05, 0.1) is 18.0 Å². The van der Waals surface area contributed by atoms with Crippen molar-refractivity contribution in [1.82, 2.24) is 5.32 Å². The molecule has 1 heterocycles. The second-order valence-electron chi connectivity index (χ2n) is 8.77. The third-order valence-electron chi connectivity index (χ3n) is 6.37. The number of rotatable bonds is 7. The fourth-order valence-electron chi connectivity index (χ4n) is 4.66. The lowest BCUT2D eigenvalue weighted by atomic mass is 9.88. The average Bonchev–Trinajstić information content (AvgIpc) is 2.81. The van der Waals surface area contributed by atoms with Gasteiger partial charge in [-0.3, -0.25) is 9.10 Å². The number of ether oxygens (including phenoxy) is 2.